The normalized spacial score (nSPS) is 27.5. The number of carboxylic acid groups (broad SMARTS) is 3. The maximum atomic E-state index is 13.8. The Bertz CT molecular complexity index is 3070. The van der Waals surface area contributed by atoms with Gasteiger partial charge in [0.05, 0.1) is 72.2 Å². The van der Waals surface area contributed by atoms with E-state index in [4.69, 9.17) is 18.9 Å². The maximum Gasteiger partial charge on any atom is 0.317 e. The molecule has 49 nitrogen and oxygen atoms in total. The SMILES string of the molecule is O=C(O)CN1CCN(CC(=O)O)CCN(CC(=O)NCCNC(=O)CN(CCCNC(=O)CN(CCCNC(=O)CCS[C@@H]2O[C@H](CO)[C@H](O)[C@H](O)[C@H]2O)CCCNC(=O)CCS[C@@H]2O[C@H](CO)[C@H](O)[C@H](O)[C@H]2O)CCCNC(=O)CN(CCCNC(=O)CCS[C@@H]2O[C@H](CO)[C@H](O)[C@H](O)[C@H]2O)CCCNC(=O)CCS[C@@H]2O[C@H](CO)[C@H](O)[C@H](O)[C@H]2O)CCN(CC(=O)O)CC1. The number of carbonyl (C=O) groups is 11. The molecule has 756 valence electrons. The van der Waals surface area contributed by atoms with Crippen molar-refractivity contribution < 1.29 is 169 Å². The van der Waals surface area contributed by atoms with Crippen LogP contribution in [-0.4, -0.2) is 555 Å². The lowest BCUT2D eigenvalue weighted by molar-refractivity contribution is -0.205. The van der Waals surface area contributed by atoms with Gasteiger partial charge in [-0.05, 0) is 38.5 Å². The maximum absolute atomic E-state index is 13.8. The zero-order valence-corrected chi connectivity index (χ0v) is 76.9. The van der Waals surface area contributed by atoms with E-state index in [9.17, 15) is 150 Å². The summed E-state index contributed by atoms with van der Waals surface area (Å²) in [7, 11) is 0. The molecule has 0 saturated carbocycles. The van der Waals surface area contributed by atoms with Crippen molar-refractivity contribution in [1.29, 1.82) is 0 Å². The highest BCUT2D eigenvalue weighted by Gasteiger charge is 2.47. The third-order valence-corrected chi connectivity index (χ3v) is 26.6. The van der Waals surface area contributed by atoms with Crippen LogP contribution >= 0.6 is 47.0 Å². The van der Waals surface area contributed by atoms with Crippen molar-refractivity contribution in [2.75, 3.05) is 239 Å². The van der Waals surface area contributed by atoms with Crippen LogP contribution in [0.4, 0.5) is 0 Å². The van der Waals surface area contributed by atoms with E-state index in [0.29, 0.717) is 38.5 Å². The van der Waals surface area contributed by atoms with Gasteiger partial charge in [-0.2, -0.15) is 0 Å². The summed E-state index contributed by atoms with van der Waals surface area (Å²) in [4.78, 5) is 154. The summed E-state index contributed by atoms with van der Waals surface area (Å²) in [6.07, 6.45) is -21.1. The number of aliphatic carboxylic acids is 3. The number of hydrogen-bond donors (Lipinski definition) is 27. The summed E-state index contributed by atoms with van der Waals surface area (Å²) in [6, 6.07) is 0. The second-order valence-corrected chi connectivity index (χ2v) is 37.1. The van der Waals surface area contributed by atoms with Gasteiger partial charge < -0.3 is 159 Å². The Morgan fingerprint density at radius 2 is 0.450 bits per heavy atom. The third-order valence-electron chi connectivity index (χ3n) is 21.9. The number of rotatable bonds is 61. The molecule has 53 heteroatoms. The van der Waals surface area contributed by atoms with Gasteiger partial charge in [0.2, 0.25) is 47.3 Å². The zero-order chi connectivity index (χ0) is 96.5. The number of carboxylic acids is 3. The van der Waals surface area contributed by atoms with E-state index in [1.54, 1.807) is 24.5 Å². The Labute approximate surface area is 776 Å². The van der Waals surface area contributed by atoms with Crippen LogP contribution in [0.2, 0.25) is 0 Å². The molecule has 0 aromatic carbocycles. The second-order valence-electron chi connectivity index (χ2n) is 32.3. The van der Waals surface area contributed by atoms with Gasteiger partial charge in [-0.15, -0.1) is 47.0 Å². The molecule has 0 aliphatic carbocycles. The molecule has 5 aliphatic rings. The minimum Gasteiger partial charge on any atom is -0.480 e. The van der Waals surface area contributed by atoms with Gasteiger partial charge in [0.1, 0.15) is 119 Å². The first-order chi connectivity index (χ1) is 62.5. The summed E-state index contributed by atoms with van der Waals surface area (Å²) < 4.78 is 22.1. The van der Waals surface area contributed by atoms with Crippen LogP contribution in [0.15, 0.2) is 0 Å². The predicted octanol–water partition coefficient (Wildman–Crippen LogP) is -13.7. The predicted molar refractivity (Wildman–Crippen MR) is 473 cm³/mol. The number of nitrogens with zero attached hydrogens (tertiary/aromatic N) is 7. The van der Waals surface area contributed by atoms with Crippen LogP contribution in [0.25, 0.3) is 0 Å². The summed E-state index contributed by atoms with van der Waals surface area (Å²) in [5.74, 6) is -5.97. The molecule has 131 heavy (non-hydrogen) atoms. The van der Waals surface area contributed by atoms with Gasteiger partial charge in [-0.25, -0.2) is 0 Å². The largest absolute Gasteiger partial charge is 0.480 e. The van der Waals surface area contributed by atoms with E-state index in [1.807, 2.05) is 9.80 Å². The first kappa shape index (κ1) is 116. The van der Waals surface area contributed by atoms with Gasteiger partial charge >= 0.3 is 17.9 Å². The monoisotopic (exact) mass is 1960 g/mol. The highest BCUT2D eigenvalue weighted by atomic mass is 32.2. The molecule has 20 atom stereocenters. The number of nitrogens with one attached hydrogen (secondary N) is 8. The number of hydrogen-bond acceptors (Lipinski definition) is 42. The molecular formula is C78H141N15O34S4. The fourth-order valence-corrected chi connectivity index (χ4v) is 18.9. The van der Waals surface area contributed by atoms with Gasteiger partial charge in [0, 0.05) is 193 Å². The van der Waals surface area contributed by atoms with Crippen molar-refractivity contribution in [2.24, 2.45) is 0 Å². The first-order valence-electron chi connectivity index (χ1n) is 44.1. The molecule has 0 aromatic heterocycles. The van der Waals surface area contributed by atoms with E-state index < -0.39 is 187 Å². The first-order valence-corrected chi connectivity index (χ1v) is 48.3. The lowest BCUT2D eigenvalue weighted by Gasteiger charge is -2.39. The standard InChI is InChI=1S/C78H141N15O34S4/c94-44-48-63(112)67(116)71(120)75(124-48)128-33-7-52(98)79-11-1-19-87(20-2-12-80-53(99)8-34-129-76-72(121)68(117)64(113)49(45-95)125-76)37-56(102)83-15-5-23-89(39-58(104)85-17-18-86-59(105)40-90-25-27-91(41-60(106)107)29-31-93(43-62(110)111)32-30-92(28-26-90)42-61(108)109)24-6-16-84-57(103)38-88(21-3-13-81-54(100)9-35-130-77-73(122)69(118)65(114)50(46-96)126-77)22-4-14-82-55(101)10-36-131-78-74(123)70(119)66(115)51(47-97)127-78/h48-51,63-78,94-97,112-123H,1-47H2,(H,79,98)(H,80,99)(H,81,100)(H,82,101)(H,83,102)(H,84,103)(H,85,104)(H,86,105)(H,106,107)(H,108,109)(H,110,111)/t48-,49-,50-,51-,63+,64+,65+,66+,67+,68+,69+,70+,71-,72-,73-,74-,75+,76+,77+,78+/m1/s1. The Hall–Kier alpha value is -5.51. The van der Waals surface area contributed by atoms with Gasteiger partial charge in [-0.3, -0.25) is 87.0 Å². The molecular weight excluding hydrogens is 1820 g/mol. The van der Waals surface area contributed by atoms with E-state index in [0.717, 1.165) is 47.0 Å². The Balaban J connectivity index is 1.22. The molecule has 5 heterocycles. The van der Waals surface area contributed by atoms with Gasteiger partial charge in [0.25, 0.3) is 0 Å². The van der Waals surface area contributed by atoms with Crippen molar-refractivity contribution >= 4 is 112 Å². The molecule has 0 aromatic rings. The molecule has 5 aliphatic heterocycles. The summed E-state index contributed by atoms with van der Waals surface area (Å²) in [6.45, 7) is -0.418. The number of aliphatic hydroxyl groups is 16. The Morgan fingerprint density at radius 1 is 0.260 bits per heavy atom. The summed E-state index contributed by atoms with van der Waals surface area (Å²) in [5.41, 5.74) is -4.15. The minimum absolute atomic E-state index is 0.0326. The average Bonchev–Trinajstić information content (AvgIpc) is 0.832. The lowest BCUT2D eigenvalue weighted by atomic mass is 10.0. The van der Waals surface area contributed by atoms with E-state index >= 15 is 0 Å². The van der Waals surface area contributed by atoms with Crippen LogP contribution in [-0.2, 0) is 71.7 Å². The van der Waals surface area contributed by atoms with E-state index in [2.05, 4.69) is 42.5 Å². The molecule has 5 fully saturated rings. The fourth-order valence-electron chi connectivity index (χ4n) is 14.5. The van der Waals surface area contributed by atoms with Gasteiger partial charge in [0.15, 0.2) is 0 Å². The van der Waals surface area contributed by atoms with Crippen LogP contribution in [0, 0.1) is 0 Å². The van der Waals surface area contributed by atoms with E-state index in [1.165, 1.54) is 0 Å². The highest BCUT2D eigenvalue weighted by Crippen LogP contribution is 2.33. The number of amides is 8. The smallest absolute Gasteiger partial charge is 0.317 e. The molecule has 0 unspecified atom stereocenters. The fraction of sp³-hybridized carbons (Fsp3) is 0.859. The molecule has 5 saturated heterocycles. The van der Waals surface area contributed by atoms with Crippen LogP contribution in [0.3, 0.4) is 0 Å². The molecule has 0 spiro atoms. The lowest BCUT2D eigenvalue weighted by Crippen LogP contribution is -2.57. The number of thioether (sulfide) groups is 4. The quantitative estimate of drug-likeness (QED) is 0.0251. The zero-order valence-electron chi connectivity index (χ0n) is 73.7. The molecule has 8 amide bonds. The topological polar surface area (TPSA) is 728 Å². The van der Waals surface area contributed by atoms with Crippen molar-refractivity contribution in [3.05, 3.63) is 0 Å². The second kappa shape index (κ2) is 64.6. The Kier molecular flexibility index (Phi) is 57.2. The van der Waals surface area contributed by atoms with Crippen LogP contribution in [0.1, 0.15) is 64.2 Å². The summed E-state index contributed by atoms with van der Waals surface area (Å²) in [5, 5.41) is 213. The minimum atomic E-state index is -1.59. The summed E-state index contributed by atoms with van der Waals surface area (Å²) >= 11 is 4.06. The molecule has 0 radical (unpaired) electrons. The number of ether oxygens (including phenoxy) is 4. The Morgan fingerprint density at radius 3 is 0.656 bits per heavy atom. The van der Waals surface area contributed by atoms with Crippen LogP contribution < -0.4 is 42.5 Å². The molecule has 27 N–H and O–H groups in total. The van der Waals surface area contributed by atoms with Crippen molar-refractivity contribution in [3.8, 4) is 0 Å². The molecule has 0 bridgehead atoms. The number of carbonyl (C=O) groups excluding carboxylic acids is 8. The third kappa shape index (κ3) is 45.1. The van der Waals surface area contributed by atoms with Gasteiger partial charge in [-0.1, -0.05) is 0 Å². The average molecular weight is 1960 g/mol. The van der Waals surface area contributed by atoms with Crippen molar-refractivity contribution in [1.82, 2.24) is 76.8 Å². The molecule has 5 rings (SSSR count). The number of aliphatic hydroxyl groups excluding tert-OH is 16. The highest BCUT2D eigenvalue weighted by molar-refractivity contribution is 8.00. The van der Waals surface area contributed by atoms with Crippen molar-refractivity contribution in [2.45, 2.75) is 184 Å². The van der Waals surface area contributed by atoms with Crippen molar-refractivity contribution in [3.63, 3.8) is 0 Å². The van der Waals surface area contributed by atoms with E-state index in [-0.39, 0.29) is 262 Å². The van der Waals surface area contributed by atoms with Crippen LogP contribution in [0.5, 0.6) is 0 Å².